The van der Waals surface area contributed by atoms with Gasteiger partial charge >= 0.3 is 5.97 Å². The maximum atomic E-state index is 11.6. The summed E-state index contributed by atoms with van der Waals surface area (Å²) in [4.78, 5) is 22.3. The number of carbonyl (C=O) groups excluding carboxylic acids is 1. The molecule has 2 unspecified atom stereocenters. The van der Waals surface area contributed by atoms with Gasteiger partial charge < -0.3 is 21.3 Å². The molecule has 0 aromatic carbocycles. The molecule has 5 N–H and O–H groups in total. The standard InChI is InChI=1S/C10H20N2O4/c1-5(13)6(9(15)16)12-8(14)7(11)10(2,3)4/h5-7,13H,11H2,1-4H3,(H,12,14)(H,15,16)/t5?,6?,7-/m1/s1. The fraction of sp³-hybridized carbons (Fsp3) is 0.800. The average molecular weight is 232 g/mol. The minimum absolute atomic E-state index is 0.466. The quantitative estimate of drug-likeness (QED) is 0.512. The SMILES string of the molecule is CC(O)C(NC(=O)[C@@H](N)C(C)(C)C)C(=O)O. The molecule has 0 heterocycles. The number of aliphatic hydroxyl groups is 1. The van der Waals surface area contributed by atoms with E-state index in [1.54, 1.807) is 20.8 Å². The van der Waals surface area contributed by atoms with Crippen molar-refractivity contribution < 1.29 is 19.8 Å². The lowest BCUT2D eigenvalue weighted by atomic mass is 9.86. The van der Waals surface area contributed by atoms with Crippen LogP contribution in [0.5, 0.6) is 0 Å². The molecule has 0 bridgehead atoms. The second-order valence-corrected chi connectivity index (χ2v) is 4.91. The van der Waals surface area contributed by atoms with E-state index in [-0.39, 0.29) is 0 Å². The lowest BCUT2D eigenvalue weighted by molar-refractivity contribution is -0.145. The molecule has 0 radical (unpaired) electrons. The van der Waals surface area contributed by atoms with Crippen molar-refractivity contribution in [2.75, 3.05) is 0 Å². The molecule has 1 amide bonds. The van der Waals surface area contributed by atoms with Gasteiger partial charge in [-0.1, -0.05) is 20.8 Å². The molecule has 0 aromatic heterocycles. The van der Waals surface area contributed by atoms with Crippen LogP contribution >= 0.6 is 0 Å². The van der Waals surface area contributed by atoms with E-state index >= 15 is 0 Å². The Bertz CT molecular complexity index is 270. The Hall–Kier alpha value is -1.14. The van der Waals surface area contributed by atoms with E-state index in [1.807, 2.05) is 0 Å². The molecule has 0 rings (SSSR count). The number of carboxylic acids is 1. The van der Waals surface area contributed by atoms with E-state index < -0.39 is 35.5 Å². The molecule has 0 spiro atoms. The van der Waals surface area contributed by atoms with Crippen molar-refractivity contribution in [3.63, 3.8) is 0 Å². The fourth-order valence-corrected chi connectivity index (χ4v) is 1.03. The van der Waals surface area contributed by atoms with Crippen LogP contribution in [0.3, 0.4) is 0 Å². The maximum Gasteiger partial charge on any atom is 0.328 e. The Kier molecular flexibility index (Phi) is 4.89. The summed E-state index contributed by atoms with van der Waals surface area (Å²) < 4.78 is 0. The molecule has 0 fully saturated rings. The highest BCUT2D eigenvalue weighted by Gasteiger charge is 2.32. The van der Waals surface area contributed by atoms with Gasteiger partial charge in [0.1, 0.15) is 0 Å². The zero-order chi connectivity index (χ0) is 13.1. The van der Waals surface area contributed by atoms with E-state index in [0.717, 1.165) is 0 Å². The van der Waals surface area contributed by atoms with E-state index in [2.05, 4.69) is 5.32 Å². The van der Waals surface area contributed by atoms with Gasteiger partial charge in [-0.15, -0.1) is 0 Å². The molecule has 0 aromatic rings. The Morgan fingerprint density at radius 1 is 1.31 bits per heavy atom. The molecule has 3 atom stereocenters. The van der Waals surface area contributed by atoms with Crippen molar-refractivity contribution >= 4 is 11.9 Å². The summed E-state index contributed by atoms with van der Waals surface area (Å²) in [7, 11) is 0. The minimum atomic E-state index is -1.33. The third kappa shape index (κ3) is 4.16. The number of amides is 1. The summed E-state index contributed by atoms with van der Waals surface area (Å²) >= 11 is 0. The van der Waals surface area contributed by atoms with Crippen LogP contribution < -0.4 is 11.1 Å². The van der Waals surface area contributed by atoms with Crippen molar-refractivity contribution in [1.29, 1.82) is 0 Å². The number of nitrogens with two attached hydrogens (primary N) is 1. The van der Waals surface area contributed by atoms with Gasteiger partial charge in [-0.25, -0.2) is 4.79 Å². The molecular formula is C10H20N2O4. The highest BCUT2D eigenvalue weighted by Crippen LogP contribution is 2.17. The normalized spacial score (nSPS) is 17.4. The van der Waals surface area contributed by atoms with E-state index in [0.29, 0.717) is 0 Å². The Morgan fingerprint density at radius 3 is 2.00 bits per heavy atom. The number of rotatable bonds is 4. The number of hydrogen-bond donors (Lipinski definition) is 4. The van der Waals surface area contributed by atoms with Gasteiger partial charge in [0, 0.05) is 0 Å². The van der Waals surface area contributed by atoms with Crippen LogP contribution in [-0.2, 0) is 9.59 Å². The lowest BCUT2D eigenvalue weighted by Gasteiger charge is -2.27. The van der Waals surface area contributed by atoms with Crippen molar-refractivity contribution in [3.8, 4) is 0 Å². The summed E-state index contributed by atoms with van der Waals surface area (Å²) in [5.74, 6) is -1.87. The molecule has 16 heavy (non-hydrogen) atoms. The van der Waals surface area contributed by atoms with E-state index in [1.165, 1.54) is 6.92 Å². The summed E-state index contributed by atoms with van der Waals surface area (Å²) in [5.41, 5.74) is 5.19. The summed E-state index contributed by atoms with van der Waals surface area (Å²) in [6.07, 6.45) is -1.17. The predicted molar refractivity (Wildman–Crippen MR) is 58.7 cm³/mol. The smallest absolute Gasteiger partial charge is 0.328 e. The molecule has 0 saturated carbocycles. The average Bonchev–Trinajstić information content (AvgIpc) is 2.09. The lowest BCUT2D eigenvalue weighted by Crippen LogP contribution is -2.55. The van der Waals surface area contributed by atoms with Gasteiger partial charge in [0.15, 0.2) is 6.04 Å². The van der Waals surface area contributed by atoms with Crippen LogP contribution in [0.25, 0.3) is 0 Å². The van der Waals surface area contributed by atoms with Crippen molar-refractivity contribution in [2.24, 2.45) is 11.1 Å². The number of hydrogen-bond acceptors (Lipinski definition) is 4. The van der Waals surface area contributed by atoms with Gasteiger partial charge in [0.05, 0.1) is 12.1 Å². The Balaban J connectivity index is 4.60. The van der Waals surface area contributed by atoms with Crippen molar-refractivity contribution in [3.05, 3.63) is 0 Å². The molecule has 0 saturated heterocycles. The van der Waals surface area contributed by atoms with Crippen LogP contribution in [0.4, 0.5) is 0 Å². The first-order chi connectivity index (χ1) is 7.07. The van der Waals surface area contributed by atoms with Crippen molar-refractivity contribution in [1.82, 2.24) is 5.32 Å². The maximum absolute atomic E-state index is 11.6. The number of carbonyl (C=O) groups is 2. The van der Waals surface area contributed by atoms with Gasteiger partial charge in [-0.2, -0.15) is 0 Å². The second-order valence-electron chi connectivity index (χ2n) is 4.91. The predicted octanol–water partition coefficient (Wildman–Crippen LogP) is -0.690. The van der Waals surface area contributed by atoms with Gasteiger partial charge in [-0.05, 0) is 12.3 Å². The number of carboxylic acid groups (broad SMARTS) is 1. The Labute approximate surface area is 94.8 Å². The molecule has 0 aliphatic heterocycles. The third-order valence-electron chi connectivity index (χ3n) is 2.26. The molecule has 6 nitrogen and oxygen atoms in total. The zero-order valence-corrected chi connectivity index (χ0v) is 10.0. The summed E-state index contributed by atoms with van der Waals surface area (Å²) in [6, 6.07) is -2.16. The third-order valence-corrected chi connectivity index (χ3v) is 2.26. The first-order valence-electron chi connectivity index (χ1n) is 5.04. The number of aliphatic carboxylic acids is 1. The molecular weight excluding hydrogens is 212 g/mol. The van der Waals surface area contributed by atoms with E-state index in [4.69, 9.17) is 10.8 Å². The van der Waals surface area contributed by atoms with Gasteiger partial charge in [-0.3, -0.25) is 4.79 Å². The second kappa shape index (κ2) is 5.27. The van der Waals surface area contributed by atoms with Crippen LogP contribution in [0, 0.1) is 5.41 Å². The topological polar surface area (TPSA) is 113 Å². The number of aliphatic hydroxyl groups excluding tert-OH is 1. The van der Waals surface area contributed by atoms with Crippen LogP contribution in [-0.4, -0.2) is 40.3 Å². The van der Waals surface area contributed by atoms with Crippen LogP contribution in [0.1, 0.15) is 27.7 Å². The Morgan fingerprint density at radius 2 is 1.75 bits per heavy atom. The summed E-state index contributed by atoms with van der Waals surface area (Å²) in [6.45, 7) is 6.61. The molecule has 0 aliphatic rings. The molecule has 0 aliphatic carbocycles. The largest absolute Gasteiger partial charge is 0.480 e. The monoisotopic (exact) mass is 232 g/mol. The van der Waals surface area contributed by atoms with Gasteiger partial charge in [0.2, 0.25) is 5.91 Å². The molecule has 6 heteroatoms. The zero-order valence-electron chi connectivity index (χ0n) is 10.0. The summed E-state index contributed by atoms with van der Waals surface area (Å²) in [5, 5.41) is 20.1. The highest BCUT2D eigenvalue weighted by molar-refractivity contribution is 5.87. The highest BCUT2D eigenvalue weighted by atomic mass is 16.4. The minimum Gasteiger partial charge on any atom is -0.480 e. The number of nitrogens with one attached hydrogen (secondary N) is 1. The molecule has 94 valence electrons. The van der Waals surface area contributed by atoms with Crippen LogP contribution in [0.15, 0.2) is 0 Å². The first kappa shape index (κ1) is 14.9. The first-order valence-corrected chi connectivity index (χ1v) is 5.04. The van der Waals surface area contributed by atoms with Crippen LogP contribution in [0.2, 0.25) is 0 Å². The van der Waals surface area contributed by atoms with E-state index in [9.17, 15) is 14.7 Å². The fourth-order valence-electron chi connectivity index (χ4n) is 1.03. The van der Waals surface area contributed by atoms with Crippen molar-refractivity contribution in [2.45, 2.75) is 45.9 Å². The van der Waals surface area contributed by atoms with Gasteiger partial charge in [0.25, 0.3) is 0 Å².